The summed E-state index contributed by atoms with van der Waals surface area (Å²) in [5, 5.41) is 2.30. The van der Waals surface area contributed by atoms with E-state index in [1.165, 1.54) is 38.5 Å². The quantitative estimate of drug-likeness (QED) is 0.725. The van der Waals surface area contributed by atoms with Crippen LogP contribution in [0, 0.1) is 0 Å². The van der Waals surface area contributed by atoms with E-state index < -0.39 is 26.4 Å². The standard InChI is InChI=1S/C18H17F2NO5S/c1-25-13-9-7-12(15(11-13)26-2)8-10-17(22)21-14-5-3-4-6-16(14)27(23,24)18(19)20/h3-11,18H,1-2H3,(H,21,22)/b10-8+. The van der Waals surface area contributed by atoms with Gasteiger partial charge in [0.25, 0.3) is 0 Å². The summed E-state index contributed by atoms with van der Waals surface area (Å²) in [6.07, 6.45) is 2.58. The molecule has 0 bridgehead atoms. The normalized spacial score (nSPS) is 11.6. The number of sulfone groups is 1. The van der Waals surface area contributed by atoms with Gasteiger partial charge in [-0.05, 0) is 30.3 Å². The van der Waals surface area contributed by atoms with Crippen LogP contribution in [0.1, 0.15) is 5.56 Å². The first-order chi connectivity index (χ1) is 12.8. The summed E-state index contributed by atoms with van der Waals surface area (Å²) in [6.45, 7) is 0. The maximum absolute atomic E-state index is 12.8. The van der Waals surface area contributed by atoms with E-state index in [0.717, 1.165) is 12.1 Å². The Morgan fingerprint density at radius 1 is 1.11 bits per heavy atom. The number of para-hydroxylation sites is 1. The van der Waals surface area contributed by atoms with Gasteiger partial charge in [-0.1, -0.05) is 12.1 Å². The number of carbonyl (C=O) groups excluding carboxylic acids is 1. The van der Waals surface area contributed by atoms with Crippen LogP contribution in [0.15, 0.2) is 53.4 Å². The third-order valence-corrected chi connectivity index (χ3v) is 4.98. The van der Waals surface area contributed by atoms with Crippen molar-refractivity contribution in [3.8, 4) is 11.5 Å². The molecule has 0 radical (unpaired) electrons. The minimum Gasteiger partial charge on any atom is -0.497 e. The molecule has 27 heavy (non-hydrogen) atoms. The van der Waals surface area contributed by atoms with Crippen LogP contribution in [0.25, 0.3) is 6.08 Å². The molecular weight excluding hydrogens is 380 g/mol. The number of anilines is 1. The lowest BCUT2D eigenvalue weighted by Gasteiger charge is -2.10. The topological polar surface area (TPSA) is 81.7 Å². The van der Waals surface area contributed by atoms with Gasteiger partial charge in [-0.2, -0.15) is 8.78 Å². The largest absolute Gasteiger partial charge is 0.497 e. The van der Waals surface area contributed by atoms with Gasteiger partial charge >= 0.3 is 5.76 Å². The predicted octanol–water partition coefficient (Wildman–Crippen LogP) is 3.35. The van der Waals surface area contributed by atoms with E-state index in [4.69, 9.17) is 9.47 Å². The van der Waals surface area contributed by atoms with Gasteiger partial charge in [-0.15, -0.1) is 0 Å². The Labute approximate surface area is 155 Å². The van der Waals surface area contributed by atoms with Crippen molar-refractivity contribution in [2.24, 2.45) is 0 Å². The number of benzene rings is 2. The zero-order valence-corrected chi connectivity index (χ0v) is 15.3. The Kier molecular flexibility index (Phi) is 6.51. The van der Waals surface area contributed by atoms with Gasteiger partial charge < -0.3 is 14.8 Å². The van der Waals surface area contributed by atoms with E-state index in [-0.39, 0.29) is 5.69 Å². The maximum atomic E-state index is 12.8. The average Bonchev–Trinajstić information content (AvgIpc) is 2.66. The number of halogens is 2. The molecule has 0 heterocycles. The molecule has 2 rings (SSSR count). The van der Waals surface area contributed by atoms with Crippen LogP contribution >= 0.6 is 0 Å². The summed E-state index contributed by atoms with van der Waals surface area (Å²) in [5.74, 6) is -3.25. The second-order valence-electron chi connectivity index (χ2n) is 5.23. The van der Waals surface area contributed by atoms with Gasteiger partial charge in [0.1, 0.15) is 11.5 Å². The molecule has 0 atom stereocenters. The minimum absolute atomic E-state index is 0.228. The van der Waals surface area contributed by atoms with Crippen molar-refractivity contribution in [3.05, 3.63) is 54.1 Å². The monoisotopic (exact) mass is 397 g/mol. The van der Waals surface area contributed by atoms with Crippen molar-refractivity contribution >= 4 is 27.5 Å². The number of methoxy groups -OCH3 is 2. The molecule has 0 unspecified atom stereocenters. The van der Waals surface area contributed by atoms with Gasteiger partial charge in [0.15, 0.2) is 0 Å². The lowest BCUT2D eigenvalue weighted by Crippen LogP contribution is -2.16. The molecule has 0 aliphatic rings. The summed E-state index contributed by atoms with van der Waals surface area (Å²) in [4.78, 5) is 11.5. The van der Waals surface area contributed by atoms with Gasteiger partial charge in [-0.3, -0.25) is 4.79 Å². The fraction of sp³-hybridized carbons (Fsp3) is 0.167. The van der Waals surface area contributed by atoms with Crippen LogP contribution in [0.4, 0.5) is 14.5 Å². The smallest absolute Gasteiger partial charge is 0.341 e. The van der Waals surface area contributed by atoms with E-state index in [1.54, 1.807) is 18.2 Å². The SMILES string of the molecule is COc1ccc(/C=C/C(=O)Nc2ccccc2S(=O)(=O)C(F)F)c(OC)c1. The number of nitrogens with one attached hydrogen (secondary N) is 1. The summed E-state index contributed by atoms with van der Waals surface area (Å²) < 4.78 is 59.3. The molecule has 9 heteroatoms. The lowest BCUT2D eigenvalue weighted by molar-refractivity contribution is -0.111. The molecule has 1 N–H and O–H groups in total. The second-order valence-corrected chi connectivity index (χ2v) is 7.12. The van der Waals surface area contributed by atoms with Crippen LogP contribution in [-0.4, -0.2) is 34.3 Å². The fourth-order valence-electron chi connectivity index (χ4n) is 2.21. The summed E-state index contributed by atoms with van der Waals surface area (Å²) >= 11 is 0. The van der Waals surface area contributed by atoms with E-state index >= 15 is 0 Å². The molecule has 0 aliphatic heterocycles. The highest BCUT2D eigenvalue weighted by Crippen LogP contribution is 2.27. The first-order valence-electron chi connectivity index (χ1n) is 7.61. The summed E-state index contributed by atoms with van der Waals surface area (Å²) in [5.41, 5.74) is 0.344. The van der Waals surface area contributed by atoms with E-state index in [0.29, 0.717) is 17.1 Å². The van der Waals surface area contributed by atoms with Crippen molar-refractivity contribution < 1.29 is 31.5 Å². The summed E-state index contributed by atoms with van der Waals surface area (Å²) in [7, 11) is -1.89. The van der Waals surface area contributed by atoms with Crippen LogP contribution in [0.3, 0.4) is 0 Å². The zero-order valence-electron chi connectivity index (χ0n) is 14.5. The molecule has 2 aromatic carbocycles. The van der Waals surface area contributed by atoms with Crippen molar-refractivity contribution in [3.63, 3.8) is 0 Å². The molecule has 0 spiro atoms. The third kappa shape index (κ3) is 4.82. The Balaban J connectivity index is 2.24. The Hall–Kier alpha value is -2.94. The Morgan fingerprint density at radius 3 is 2.44 bits per heavy atom. The van der Waals surface area contributed by atoms with Crippen LogP contribution in [0.5, 0.6) is 11.5 Å². The predicted molar refractivity (Wildman–Crippen MR) is 96.8 cm³/mol. The van der Waals surface area contributed by atoms with Crippen molar-refractivity contribution in [1.82, 2.24) is 0 Å². The highest BCUT2D eigenvalue weighted by molar-refractivity contribution is 7.91. The highest BCUT2D eigenvalue weighted by atomic mass is 32.2. The van der Waals surface area contributed by atoms with Crippen molar-refractivity contribution in [1.29, 1.82) is 0 Å². The van der Waals surface area contributed by atoms with E-state index in [2.05, 4.69) is 5.32 Å². The molecule has 1 amide bonds. The molecular formula is C18H17F2NO5S. The van der Waals surface area contributed by atoms with Gasteiger partial charge in [0, 0.05) is 17.7 Å². The van der Waals surface area contributed by atoms with Crippen LogP contribution in [0.2, 0.25) is 0 Å². The van der Waals surface area contributed by atoms with E-state index in [9.17, 15) is 22.0 Å². The van der Waals surface area contributed by atoms with Gasteiger partial charge in [0.2, 0.25) is 15.7 Å². The maximum Gasteiger partial charge on any atom is 0.341 e. The molecule has 0 aromatic heterocycles. The molecule has 0 fully saturated rings. The van der Waals surface area contributed by atoms with Crippen molar-refractivity contribution in [2.45, 2.75) is 10.7 Å². The molecule has 0 saturated heterocycles. The number of hydrogen-bond donors (Lipinski definition) is 1. The molecule has 0 saturated carbocycles. The van der Waals surface area contributed by atoms with Crippen molar-refractivity contribution in [2.75, 3.05) is 19.5 Å². The molecule has 0 aliphatic carbocycles. The van der Waals surface area contributed by atoms with Gasteiger partial charge in [0.05, 0.1) is 24.8 Å². The number of carbonyl (C=O) groups is 1. The molecule has 2 aromatic rings. The number of rotatable bonds is 7. The zero-order chi connectivity index (χ0) is 20.0. The van der Waals surface area contributed by atoms with Gasteiger partial charge in [-0.25, -0.2) is 8.42 Å². The lowest BCUT2D eigenvalue weighted by atomic mass is 10.1. The van der Waals surface area contributed by atoms with E-state index in [1.807, 2.05) is 0 Å². The number of alkyl halides is 2. The van der Waals surface area contributed by atoms with Crippen LogP contribution < -0.4 is 14.8 Å². The number of amides is 1. The Bertz CT molecular complexity index is 958. The fourth-order valence-corrected chi connectivity index (χ4v) is 3.10. The Morgan fingerprint density at radius 2 is 1.81 bits per heavy atom. The number of hydrogen-bond acceptors (Lipinski definition) is 5. The molecule has 6 nitrogen and oxygen atoms in total. The highest BCUT2D eigenvalue weighted by Gasteiger charge is 2.29. The molecule has 144 valence electrons. The average molecular weight is 397 g/mol. The first kappa shape index (κ1) is 20.4. The minimum atomic E-state index is -4.84. The van der Waals surface area contributed by atoms with Crippen LogP contribution in [-0.2, 0) is 14.6 Å². The third-order valence-electron chi connectivity index (χ3n) is 3.54. The second kappa shape index (κ2) is 8.63. The first-order valence-corrected chi connectivity index (χ1v) is 9.16. The number of ether oxygens (including phenoxy) is 2. The summed E-state index contributed by atoms with van der Waals surface area (Å²) in [6, 6.07) is 9.92.